The van der Waals surface area contributed by atoms with E-state index in [2.05, 4.69) is 21.2 Å². The molecule has 1 aromatic carbocycles. The van der Waals surface area contributed by atoms with Crippen molar-refractivity contribution in [1.29, 1.82) is 0 Å². The van der Waals surface area contributed by atoms with Gasteiger partial charge in [-0.15, -0.1) is 0 Å². The number of nitrogens with one attached hydrogen (secondary N) is 1. The molecule has 5 heteroatoms. The van der Waals surface area contributed by atoms with Gasteiger partial charge in [-0.25, -0.2) is 0 Å². The van der Waals surface area contributed by atoms with E-state index in [1.54, 1.807) is 0 Å². The van der Waals surface area contributed by atoms with Crippen LogP contribution in [0.25, 0.3) is 0 Å². The number of carbonyl (C=O) groups excluding carboxylic acids is 1. The van der Waals surface area contributed by atoms with E-state index in [0.29, 0.717) is 19.7 Å². The minimum atomic E-state index is 0.149. The van der Waals surface area contributed by atoms with Crippen LogP contribution in [0.3, 0.4) is 0 Å². The van der Waals surface area contributed by atoms with Gasteiger partial charge >= 0.3 is 0 Å². The summed E-state index contributed by atoms with van der Waals surface area (Å²) in [6.45, 7) is 3.26. The lowest BCUT2D eigenvalue weighted by molar-refractivity contribution is -0.132. The Bertz CT molecular complexity index is 381. The van der Waals surface area contributed by atoms with E-state index in [1.807, 2.05) is 29.2 Å². The highest BCUT2D eigenvalue weighted by Gasteiger charge is 2.16. The second-order valence-corrected chi connectivity index (χ2v) is 4.78. The van der Waals surface area contributed by atoms with Crippen LogP contribution >= 0.6 is 15.9 Å². The van der Waals surface area contributed by atoms with Gasteiger partial charge in [0, 0.05) is 17.6 Å². The third-order valence-corrected chi connectivity index (χ3v) is 3.16. The van der Waals surface area contributed by atoms with Crippen LogP contribution in [-0.4, -0.2) is 43.6 Å². The van der Waals surface area contributed by atoms with Crippen LogP contribution in [0, 0.1) is 0 Å². The molecule has 1 saturated heterocycles. The molecule has 0 spiro atoms. The summed E-state index contributed by atoms with van der Waals surface area (Å²) in [6, 6.07) is 7.68. The van der Waals surface area contributed by atoms with Crippen LogP contribution in [0.4, 0.5) is 0 Å². The van der Waals surface area contributed by atoms with E-state index in [0.717, 1.165) is 23.3 Å². The van der Waals surface area contributed by atoms with E-state index in [1.165, 1.54) is 0 Å². The molecule has 0 saturated carbocycles. The van der Waals surface area contributed by atoms with Crippen molar-refractivity contribution in [2.75, 3.05) is 32.8 Å². The van der Waals surface area contributed by atoms with Gasteiger partial charge in [-0.3, -0.25) is 4.79 Å². The summed E-state index contributed by atoms with van der Waals surface area (Å²) < 4.78 is 6.61. The summed E-state index contributed by atoms with van der Waals surface area (Å²) in [7, 11) is 0. The predicted octanol–water partition coefficient (Wildman–Crippen LogP) is 1.26. The average molecular weight is 299 g/mol. The lowest BCUT2D eigenvalue weighted by atomic mass is 10.3. The third kappa shape index (κ3) is 3.71. The molecule has 1 fully saturated rings. The van der Waals surface area contributed by atoms with Crippen molar-refractivity contribution in [2.45, 2.75) is 0 Å². The van der Waals surface area contributed by atoms with Crippen LogP contribution in [0.2, 0.25) is 0 Å². The third-order valence-electron chi connectivity index (χ3n) is 2.63. The summed E-state index contributed by atoms with van der Waals surface area (Å²) in [5.74, 6) is 0.978. The number of rotatable bonds is 4. The molecule has 1 aromatic rings. The van der Waals surface area contributed by atoms with Crippen molar-refractivity contribution in [3.8, 4) is 5.75 Å². The van der Waals surface area contributed by atoms with Gasteiger partial charge in [0.15, 0.2) is 0 Å². The Labute approximate surface area is 109 Å². The zero-order chi connectivity index (χ0) is 12.1. The second-order valence-electron chi connectivity index (χ2n) is 3.86. The summed E-state index contributed by atoms with van der Waals surface area (Å²) in [4.78, 5) is 13.3. The molecule has 1 heterocycles. The fourth-order valence-corrected chi connectivity index (χ4v) is 1.95. The van der Waals surface area contributed by atoms with E-state index in [-0.39, 0.29) is 5.91 Å². The number of hydrogen-bond donors (Lipinski definition) is 1. The summed E-state index contributed by atoms with van der Waals surface area (Å²) in [6.07, 6.45) is 0. The fourth-order valence-electron chi connectivity index (χ4n) is 1.69. The van der Waals surface area contributed by atoms with Gasteiger partial charge in [-0.05, 0) is 24.3 Å². The van der Waals surface area contributed by atoms with Gasteiger partial charge in [0.05, 0.1) is 13.1 Å². The van der Waals surface area contributed by atoms with Gasteiger partial charge in [-0.1, -0.05) is 15.9 Å². The van der Waals surface area contributed by atoms with E-state index in [9.17, 15) is 4.79 Å². The molecule has 4 nitrogen and oxygen atoms in total. The zero-order valence-corrected chi connectivity index (χ0v) is 11.1. The Kier molecular flexibility index (Phi) is 4.39. The largest absolute Gasteiger partial charge is 0.492 e. The topological polar surface area (TPSA) is 41.6 Å². The van der Waals surface area contributed by atoms with Crippen LogP contribution < -0.4 is 10.1 Å². The van der Waals surface area contributed by atoms with Gasteiger partial charge in [0.2, 0.25) is 5.91 Å². The Morgan fingerprint density at radius 3 is 2.82 bits per heavy atom. The molecule has 0 aromatic heterocycles. The van der Waals surface area contributed by atoms with Gasteiger partial charge in [0.25, 0.3) is 0 Å². The summed E-state index contributed by atoms with van der Waals surface area (Å²) >= 11 is 3.37. The molecule has 1 aliphatic heterocycles. The average Bonchev–Trinajstić information content (AvgIpc) is 2.34. The zero-order valence-electron chi connectivity index (χ0n) is 9.49. The number of piperazine rings is 1. The first kappa shape index (κ1) is 12.4. The number of nitrogens with zero attached hydrogens (tertiary/aromatic N) is 1. The minimum absolute atomic E-state index is 0.149. The molecular weight excluding hydrogens is 284 g/mol. The monoisotopic (exact) mass is 298 g/mol. The number of benzene rings is 1. The van der Waals surface area contributed by atoms with Crippen molar-refractivity contribution in [3.05, 3.63) is 28.7 Å². The first-order valence-corrected chi connectivity index (χ1v) is 6.42. The van der Waals surface area contributed by atoms with Crippen molar-refractivity contribution in [1.82, 2.24) is 10.2 Å². The lowest BCUT2D eigenvalue weighted by Crippen LogP contribution is -2.49. The van der Waals surface area contributed by atoms with Gasteiger partial charge < -0.3 is 15.0 Å². The number of ether oxygens (including phenoxy) is 1. The maximum Gasteiger partial charge on any atom is 0.236 e. The van der Waals surface area contributed by atoms with Crippen LogP contribution in [-0.2, 0) is 4.79 Å². The van der Waals surface area contributed by atoms with E-state index in [4.69, 9.17) is 4.74 Å². The van der Waals surface area contributed by atoms with Crippen molar-refractivity contribution in [3.63, 3.8) is 0 Å². The first-order valence-electron chi connectivity index (χ1n) is 5.62. The second kappa shape index (κ2) is 6.02. The van der Waals surface area contributed by atoms with Crippen molar-refractivity contribution < 1.29 is 9.53 Å². The van der Waals surface area contributed by atoms with Crippen molar-refractivity contribution >= 4 is 21.8 Å². The number of carbonyl (C=O) groups is 1. The maximum atomic E-state index is 11.5. The molecule has 0 aliphatic carbocycles. The molecular formula is C12H15BrN2O2. The molecule has 0 radical (unpaired) electrons. The Hall–Kier alpha value is -1.07. The molecule has 17 heavy (non-hydrogen) atoms. The van der Waals surface area contributed by atoms with Crippen LogP contribution in [0.5, 0.6) is 5.75 Å². The van der Waals surface area contributed by atoms with E-state index < -0.39 is 0 Å². The number of halogens is 1. The van der Waals surface area contributed by atoms with Gasteiger partial charge in [0.1, 0.15) is 12.4 Å². The predicted molar refractivity (Wildman–Crippen MR) is 69.1 cm³/mol. The summed E-state index contributed by atoms with van der Waals surface area (Å²) in [5.41, 5.74) is 0. The summed E-state index contributed by atoms with van der Waals surface area (Å²) in [5, 5.41) is 3.04. The highest BCUT2D eigenvalue weighted by molar-refractivity contribution is 9.10. The SMILES string of the molecule is O=C1CNCCN1CCOc1ccc(Br)cc1. The molecule has 1 amide bonds. The number of amides is 1. The van der Waals surface area contributed by atoms with Crippen LogP contribution in [0.15, 0.2) is 28.7 Å². The maximum absolute atomic E-state index is 11.5. The lowest BCUT2D eigenvalue weighted by Gasteiger charge is -2.27. The normalized spacial score (nSPS) is 16.1. The van der Waals surface area contributed by atoms with Crippen molar-refractivity contribution in [2.24, 2.45) is 0 Å². The molecule has 0 bridgehead atoms. The molecule has 2 rings (SSSR count). The molecule has 1 aliphatic rings. The molecule has 0 unspecified atom stereocenters. The van der Waals surface area contributed by atoms with Crippen LogP contribution in [0.1, 0.15) is 0 Å². The molecule has 92 valence electrons. The quantitative estimate of drug-likeness (QED) is 0.910. The Morgan fingerprint density at radius 1 is 1.35 bits per heavy atom. The highest BCUT2D eigenvalue weighted by atomic mass is 79.9. The van der Waals surface area contributed by atoms with Gasteiger partial charge in [-0.2, -0.15) is 0 Å². The first-order chi connectivity index (χ1) is 8.25. The number of hydrogen-bond acceptors (Lipinski definition) is 3. The minimum Gasteiger partial charge on any atom is -0.492 e. The van der Waals surface area contributed by atoms with E-state index >= 15 is 0 Å². The standard InChI is InChI=1S/C12H15BrN2O2/c13-10-1-3-11(4-2-10)17-8-7-15-6-5-14-9-12(15)16/h1-4,14H,5-9H2. The highest BCUT2D eigenvalue weighted by Crippen LogP contribution is 2.15. The smallest absolute Gasteiger partial charge is 0.236 e. The Morgan fingerprint density at radius 2 is 2.12 bits per heavy atom. The Balaban J connectivity index is 1.75. The molecule has 0 atom stereocenters. The molecule has 1 N–H and O–H groups in total. The fraction of sp³-hybridized carbons (Fsp3) is 0.417.